The van der Waals surface area contributed by atoms with E-state index in [0.717, 1.165) is 38.2 Å². The first-order valence-electron chi connectivity index (χ1n) is 11.7. The van der Waals surface area contributed by atoms with Gasteiger partial charge in [0.2, 0.25) is 11.8 Å². The van der Waals surface area contributed by atoms with Crippen molar-refractivity contribution in [3.05, 3.63) is 60.2 Å². The number of hydrogen-bond acceptors (Lipinski definition) is 4. The third kappa shape index (κ3) is 5.06. The van der Waals surface area contributed by atoms with Crippen molar-refractivity contribution in [3.63, 3.8) is 0 Å². The lowest BCUT2D eigenvalue weighted by atomic mass is 9.96. The Morgan fingerprint density at radius 2 is 1.50 bits per heavy atom. The van der Waals surface area contributed by atoms with Gasteiger partial charge in [0, 0.05) is 45.7 Å². The van der Waals surface area contributed by atoms with E-state index in [1.54, 1.807) is 7.05 Å². The molecule has 2 heterocycles. The predicted molar refractivity (Wildman–Crippen MR) is 129 cm³/mol. The van der Waals surface area contributed by atoms with Gasteiger partial charge in [-0.05, 0) is 36.5 Å². The normalized spacial score (nSPS) is 19.3. The summed E-state index contributed by atoms with van der Waals surface area (Å²) in [6.07, 6.45) is 1.48. The number of fused-ring (bicyclic) bond motifs is 1. The number of hydrogen-bond donors (Lipinski definition) is 1. The quantitative estimate of drug-likeness (QED) is 0.786. The average Bonchev–Trinajstić information content (AvgIpc) is 2.95. The van der Waals surface area contributed by atoms with Gasteiger partial charge in [-0.15, -0.1) is 0 Å². The Balaban J connectivity index is 1.48. The SMILES string of the molecule is CNC(=O)C1CCN(C(=O)CN2C[C@@H](C)CN(Cc3ccccc3)c3ccccc32)CC1. The minimum Gasteiger partial charge on any atom is -0.365 e. The molecule has 4 rings (SSSR count). The molecule has 0 unspecified atom stereocenters. The van der Waals surface area contributed by atoms with Crippen molar-refractivity contribution >= 4 is 23.2 Å². The summed E-state index contributed by atoms with van der Waals surface area (Å²) >= 11 is 0. The standard InChI is InChI=1S/C26H34N4O2/c1-20-16-29(18-21-8-4-3-5-9-21)23-10-6-7-11-24(23)30(17-20)19-25(31)28-14-12-22(13-15-28)26(32)27-2/h3-11,20,22H,12-19H2,1-2H3,(H,27,32)/t20-/m0/s1. The Morgan fingerprint density at radius 3 is 2.16 bits per heavy atom. The third-order valence-electron chi connectivity index (χ3n) is 6.63. The fourth-order valence-corrected chi connectivity index (χ4v) is 4.97. The van der Waals surface area contributed by atoms with Crippen LogP contribution in [0.4, 0.5) is 11.4 Å². The van der Waals surface area contributed by atoms with Crippen LogP contribution in [-0.4, -0.2) is 56.5 Å². The van der Waals surface area contributed by atoms with Gasteiger partial charge in [-0.2, -0.15) is 0 Å². The van der Waals surface area contributed by atoms with Crippen molar-refractivity contribution in [2.45, 2.75) is 26.3 Å². The van der Waals surface area contributed by atoms with Crippen molar-refractivity contribution < 1.29 is 9.59 Å². The second-order valence-corrected chi connectivity index (χ2v) is 9.11. The Kier molecular flexibility index (Phi) is 6.98. The van der Waals surface area contributed by atoms with Crippen LogP contribution in [0.25, 0.3) is 0 Å². The van der Waals surface area contributed by atoms with Crippen LogP contribution in [0.3, 0.4) is 0 Å². The highest BCUT2D eigenvalue weighted by Gasteiger charge is 2.30. The maximum atomic E-state index is 13.2. The van der Waals surface area contributed by atoms with Gasteiger partial charge in [0.1, 0.15) is 0 Å². The fourth-order valence-electron chi connectivity index (χ4n) is 4.97. The molecule has 32 heavy (non-hydrogen) atoms. The summed E-state index contributed by atoms with van der Waals surface area (Å²) in [5.41, 5.74) is 3.60. The number of rotatable bonds is 5. The lowest BCUT2D eigenvalue weighted by Gasteiger charge is -2.34. The second kappa shape index (κ2) is 10.1. The molecule has 1 fully saturated rings. The van der Waals surface area contributed by atoms with Crippen LogP contribution in [0.2, 0.25) is 0 Å². The summed E-state index contributed by atoms with van der Waals surface area (Å²) in [6, 6.07) is 19.0. The van der Waals surface area contributed by atoms with E-state index in [2.05, 4.69) is 70.6 Å². The zero-order chi connectivity index (χ0) is 22.5. The Bertz CT molecular complexity index is 924. The molecule has 1 N–H and O–H groups in total. The highest BCUT2D eigenvalue weighted by atomic mass is 16.2. The number of likely N-dealkylation sites (tertiary alicyclic amines) is 1. The lowest BCUT2D eigenvalue weighted by Crippen LogP contribution is -2.46. The molecule has 2 amide bonds. The molecule has 0 spiro atoms. The van der Waals surface area contributed by atoms with E-state index in [4.69, 9.17) is 0 Å². The van der Waals surface area contributed by atoms with Crippen LogP contribution in [0.5, 0.6) is 0 Å². The number of anilines is 2. The van der Waals surface area contributed by atoms with Crippen LogP contribution in [0.15, 0.2) is 54.6 Å². The highest BCUT2D eigenvalue weighted by Crippen LogP contribution is 2.34. The number of benzene rings is 2. The van der Waals surface area contributed by atoms with Gasteiger partial charge in [-0.1, -0.05) is 49.4 Å². The molecule has 1 saturated heterocycles. The summed E-state index contributed by atoms with van der Waals surface area (Å²) in [6.45, 7) is 6.61. The molecular weight excluding hydrogens is 400 g/mol. The van der Waals surface area contributed by atoms with E-state index in [0.29, 0.717) is 25.6 Å². The topological polar surface area (TPSA) is 55.9 Å². The Morgan fingerprint density at radius 1 is 0.906 bits per heavy atom. The fraction of sp³-hybridized carbons (Fsp3) is 0.462. The number of nitrogens with one attached hydrogen (secondary N) is 1. The minimum atomic E-state index is 0.0227. The van der Waals surface area contributed by atoms with Gasteiger partial charge in [0.15, 0.2) is 0 Å². The van der Waals surface area contributed by atoms with Crippen LogP contribution < -0.4 is 15.1 Å². The monoisotopic (exact) mass is 434 g/mol. The van der Waals surface area contributed by atoms with E-state index in [1.807, 2.05) is 11.0 Å². The zero-order valence-electron chi connectivity index (χ0n) is 19.2. The Hall–Kier alpha value is -3.02. The maximum Gasteiger partial charge on any atom is 0.242 e. The molecule has 0 aromatic heterocycles. The summed E-state index contributed by atoms with van der Waals surface area (Å²) in [5.74, 6) is 0.692. The molecule has 6 nitrogen and oxygen atoms in total. The van der Waals surface area contributed by atoms with Gasteiger partial charge >= 0.3 is 0 Å². The molecule has 0 bridgehead atoms. The first-order chi connectivity index (χ1) is 15.5. The van der Waals surface area contributed by atoms with Gasteiger partial charge in [0.25, 0.3) is 0 Å². The first kappa shape index (κ1) is 22.2. The number of piperidine rings is 1. The Labute approximate surface area is 191 Å². The highest BCUT2D eigenvalue weighted by molar-refractivity contribution is 5.85. The van der Waals surface area contributed by atoms with E-state index < -0.39 is 0 Å². The summed E-state index contributed by atoms with van der Waals surface area (Å²) < 4.78 is 0. The number of carbonyl (C=O) groups excluding carboxylic acids is 2. The van der Waals surface area contributed by atoms with E-state index in [9.17, 15) is 9.59 Å². The van der Waals surface area contributed by atoms with Crippen LogP contribution in [0, 0.1) is 11.8 Å². The van der Waals surface area contributed by atoms with Gasteiger partial charge in [0.05, 0.1) is 17.9 Å². The van der Waals surface area contributed by atoms with Gasteiger partial charge < -0.3 is 20.0 Å². The molecule has 0 aliphatic carbocycles. The third-order valence-corrected chi connectivity index (χ3v) is 6.63. The predicted octanol–water partition coefficient (Wildman–Crippen LogP) is 3.13. The minimum absolute atomic E-state index is 0.0227. The van der Waals surface area contributed by atoms with Crippen molar-refractivity contribution in [1.29, 1.82) is 0 Å². The van der Waals surface area contributed by atoms with Crippen LogP contribution in [0.1, 0.15) is 25.3 Å². The van der Waals surface area contributed by atoms with Crippen molar-refractivity contribution in [2.24, 2.45) is 11.8 Å². The lowest BCUT2D eigenvalue weighted by molar-refractivity contribution is -0.134. The van der Waals surface area contributed by atoms with E-state index in [-0.39, 0.29) is 17.7 Å². The van der Waals surface area contributed by atoms with E-state index >= 15 is 0 Å². The second-order valence-electron chi connectivity index (χ2n) is 9.11. The molecule has 1 atom stereocenters. The first-order valence-corrected chi connectivity index (χ1v) is 11.7. The summed E-state index contributed by atoms with van der Waals surface area (Å²) in [5, 5.41) is 2.73. The molecule has 2 aromatic rings. The molecule has 2 aliphatic rings. The molecule has 0 radical (unpaired) electrons. The molecule has 6 heteroatoms. The molecule has 0 saturated carbocycles. The van der Waals surface area contributed by atoms with Crippen molar-refractivity contribution in [2.75, 3.05) is 49.6 Å². The van der Waals surface area contributed by atoms with Crippen LogP contribution in [-0.2, 0) is 16.1 Å². The molecule has 2 aromatic carbocycles. The molecular formula is C26H34N4O2. The largest absolute Gasteiger partial charge is 0.365 e. The average molecular weight is 435 g/mol. The van der Waals surface area contributed by atoms with Gasteiger partial charge in [-0.25, -0.2) is 0 Å². The number of amides is 2. The number of para-hydroxylation sites is 2. The van der Waals surface area contributed by atoms with Crippen molar-refractivity contribution in [1.82, 2.24) is 10.2 Å². The smallest absolute Gasteiger partial charge is 0.242 e. The molecule has 170 valence electrons. The maximum absolute atomic E-state index is 13.2. The number of carbonyl (C=O) groups is 2. The van der Waals surface area contributed by atoms with Crippen molar-refractivity contribution in [3.8, 4) is 0 Å². The number of nitrogens with zero attached hydrogens (tertiary/aromatic N) is 3. The summed E-state index contributed by atoms with van der Waals surface area (Å²) in [4.78, 5) is 31.7. The molecule has 2 aliphatic heterocycles. The van der Waals surface area contributed by atoms with Gasteiger partial charge in [-0.3, -0.25) is 9.59 Å². The zero-order valence-corrected chi connectivity index (χ0v) is 19.2. The van der Waals surface area contributed by atoms with Crippen LogP contribution >= 0.6 is 0 Å². The summed E-state index contributed by atoms with van der Waals surface area (Å²) in [7, 11) is 1.68. The van der Waals surface area contributed by atoms with E-state index in [1.165, 1.54) is 11.3 Å².